The van der Waals surface area contributed by atoms with Crippen molar-refractivity contribution < 1.29 is 32.3 Å². The van der Waals surface area contributed by atoms with Crippen LogP contribution in [0.15, 0.2) is 12.3 Å². The first-order valence-electron chi connectivity index (χ1n) is 8.30. The summed E-state index contributed by atoms with van der Waals surface area (Å²) in [4.78, 5) is 35.6. The van der Waals surface area contributed by atoms with Crippen molar-refractivity contribution in [2.75, 3.05) is 11.6 Å². The van der Waals surface area contributed by atoms with Gasteiger partial charge >= 0.3 is 18.2 Å². The summed E-state index contributed by atoms with van der Waals surface area (Å²) in [6, 6.07) is 2.92. The molecule has 0 aliphatic rings. The van der Waals surface area contributed by atoms with Crippen LogP contribution in [-0.4, -0.2) is 46.0 Å². The zero-order valence-electron chi connectivity index (χ0n) is 15.7. The number of nitriles is 1. The third-order valence-electron chi connectivity index (χ3n) is 3.20. The summed E-state index contributed by atoms with van der Waals surface area (Å²) in [5.41, 5.74) is 0. The van der Waals surface area contributed by atoms with Crippen LogP contribution in [0.4, 0.5) is 23.8 Å². The Morgan fingerprint density at radius 2 is 1.96 bits per heavy atom. The number of halogens is 3. The van der Waals surface area contributed by atoms with Gasteiger partial charge < -0.3 is 9.57 Å². The Morgan fingerprint density at radius 1 is 1.32 bits per heavy atom. The summed E-state index contributed by atoms with van der Waals surface area (Å²) in [7, 11) is 0. The second kappa shape index (κ2) is 9.72. The van der Waals surface area contributed by atoms with Crippen LogP contribution in [0.1, 0.15) is 39.9 Å². The van der Waals surface area contributed by atoms with Crippen molar-refractivity contribution in [2.24, 2.45) is 5.92 Å². The highest BCUT2D eigenvalue weighted by molar-refractivity contribution is 5.78. The predicted octanol–water partition coefficient (Wildman–Crippen LogP) is 2.98. The quantitative estimate of drug-likeness (QED) is 0.667. The van der Waals surface area contributed by atoms with Gasteiger partial charge in [-0.25, -0.2) is 19.6 Å². The molecule has 0 bridgehead atoms. The minimum absolute atomic E-state index is 0.0610. The molecule has 0 aliphatic heterocycles. The van der Waals surface area contributed by atoms with Crippen LogP contribution in [0.5, 0.6) is 0 Å². The van der Waals surface area contributed by atoms with E-state index in [4.69, 9.17) is 10.00 Å². The first-order valence-corrected chi connectivity index (χ1v) is 8.30. The molecule has 0 N–H and O–H groups in total. The molecule has 1 aromatic rings. The van der Waals surface area contributed by atoms with Gasteiger partial charge in [0, 0.05) is 18.8 Å². The van der Waals surface area contributed by atoms with E-state index >= 15 is 0 Å². The van der Waals surface area contributed by atoms with Crippen LogP contribution in [0.25, 0.3) is 0 Å². The number of hydrogen-bond donors (Lipinski definition) is 0. The fourth-order valence-corrected chi connectivity index (χ4v) is 1.77. The second-order valence-electron chi connectivity index (χ2n) is 6.08. The van der Waals surface area contributed by atoms with Crippen LogP contribution in [-0.2, 0) is 14.4 Å². The maximum absolute atomic E-state index is 12.7. The number of hydroxylamine groups is 1. The van der Waals surface area contributed by atoms with E-state index < -0.39 is 24.3 Å². The number of anilines is 1. The Bertz CT molecular complexity index is 736. The van der Waals surface area contributed by atoms with Crippen molar-refractivity contribution in [3.8, 4) is 6.07 Å². The summed E-state index contributed by atoms with van der Waals surface area (Å²) >= 11 is 0. The van der Waals surface area contributed by atoms with Crippen molar-refractivity contribution >= 4 is 17.9 Å². The van der Waals surface area contributed by atoms with Crippen molar-refractivity contribution in [1.82, 2.24) is 15.1 Å². The molecule has 9 nitrogen and oxygen atoms in total. The van der Waals surface area contributed by atoms with E-state index in [0.717, 1.165) is 5.01 Å². The van der Waals surface area contributed by atoms with E-state index in [1.54, 1.807) is 26.8 Å². The number of ether oxygens (including phenoxy) is 1. The van der Waals surface area contributed by atoms with E-state index in [0.29, 0.717) is 6.42 Å². The number of hydrogen-bond acceptors (Lipinski definition) is 8. The maximum Gasteiger partial charge on any atom is 0.493 e. The molecule has 1 unspecified atom stereocenters. The van der Waals surface area contributed by atoms with Gasteiger partial charge in [0.05, 0.1) is 0 Å². The lowest BCUT2D eigenvalue weighted by Gasteiger charge is -2.33. The van der Waals surface area contributed by atoms with E-state index in [2.05, 4.69) is 14.8 Å². The SMILES string of the molecule is CCC(C)OC(=O)N(OC(=O)C(F)(F)F)N(CC(C)C)c1ccnc(C#N)n1. The highest BCUT2D eigenvalue weighted by atomic mass is 19.4. The second-order valence-corrected chi connectivity index (χ2v) is 6.08. The summed E-state index contributed by atoms with van der Waals surface area (Å²) in [5.74, 6) is -3.24. The van der Waals surface area contributed by atoms with E-state index in [1.165, 1.54) is 19.2 Å². The minimum atomic E-state index is -5.35. The van der Waals surface area contributed by atoms with Gasteiger partial charge in [0.2, 0.25) is 5.82 Å². The zero-order chi connectivity index (χ0) is 21.5. The van der Waals surface area contributed by atoms with Crippen LogP contribution in [0.2, 0.25) is 0 Å². The van der Waals surface area contributed by atoms with Gasteiger partial charge in [-0.1, -0.05) is 20.8 Å². The Hall–Kier alpha value is -3.10. The summed E-state index contributed by atoms with van der Waals surface area (Å²) < 4.78 is 43.1. The fourth-order valence-electron chi connectivity index (χ4n) is 1.77. The van der Waals surface area contributed by atoms with Gasteiger partial charge in [0.1, 0.15) is 12.2 Å². The molecule has 1 aromatic heterocycles. The Balaban J connectivity index is 3.37. The monoisotopic (exact) mass is 403 g/mol. The van der Waals surface area contributed by atoms with Crippen LogP contribution in [0.3, 0.4) is 0 Å². The molecular weight excluding hydrogens is 383 g/mol. The van der Waals surface area contributed by atoms with Gasteiger partial charge in [-0.05, 0) is 24.4 Å². The molecule has 0 aromatic carbocycles. The molecule has 1 heterocycles. The number of alkyl halides is 3. The molecule has 12 heteroatoms. The molecule has 0 aliphatic carbocycles. The van der Waals surface area contributed by atoms with Gasteiger partial charge in [0.25, 0.3) is 0 Å². The van der Waals surface area contributed by atoms with Gasteiger partial charge in [0.15, 0.2) is 5.82 Å². The average Bonchev–Trinajstić information content (AvgIpc) is 2.62. The normalized spacial score (nSPS) is 12.1. The molecule has 1 amide bonds. The molecule has 0 saturated heterocycles. The lowest BCUT2D eigenvalue weighted by atomic mass is 10.2. The number of rotatable bonds is 6. The van der Waals surface area contributed by atoms with Crippen LogP contribution >= 0.6 is 0 Å². The Morgan fingerprint density at radius 3 is 2.46 bits per heavy atom. The average molecular weight is 403 g/mol. The molecule has 1 rings (SSSR count). The highest BCUT2D eigenvalue weighted by Crippen LogP contribution is 2.22. The highest BCUT2D eigenvalue weighted by Gasteiger charge is 2.45. The molecule has 0 fully saturated rings. The molecule has 154 valence electrons. The van der Waals surface area contributed by atoms with Gasteiger partial charge in [-0.2, -0.15) is 23.4 Å². The third-order valence-corrected chi connectivity index (χ3v) is 3.20. The van der Waals surface area contributed by atoms with E-state index in [-0.39, 0.29) is 29.3 Å². The number of carbonyl (C=O) groups excluding carboxylic acids is 2. The summed E-state index contributed by atoms with van der Waals surface area (Å²) in [6.07, 6.45) is -5.78. The molecule has 0 radical (unpaired) electrons. The summed E-state index contributed by atoms with van der Waals surface area (Å²) in [6.45, 7) is 6.56. The zero-order valence-corrected chi connectivity index (χ0v) is 15.7. The minimum Gasteiger partial charge on any atom is -0.443 e. The number of carbonyl (C=O) groups is 2. The Labute approximate surface area is 159 Å². The smallest absolute Gasteiger partial charge is 0.443 e. The Kier molecular flexibility index (Phi) is 7.97. The molecule has 0 spiro atoms. The van der Waals surface area contributed by atoms with Crippen LogP contribution < -0.4 is 5.01 Å². The number of nitrogens with zero attached hydrogens (tertiary/aromatic N) is 5. The largest absolute Gasteiger partial charge is 0.493 e. The standard InChI is InChI=1S/C16H20F3N5O4/c1-5-11(4)27-15(26)24(28-14(25)16(17,18)19)23(9-10(2)3)13-6-7-21-12(8-20)22-13/h6-7,10-11H,5,9H2,1-4H3. The number of amides is 1. The van der Waals surface area contributed by atoms with Gasteiger partial charge in [-0.15, -0.1) is 0 Å². The lowest BCUT2D eigenvalue weighted by molar-refractivity contribution is -0.234. The molecule has 28 heavy (non-hydrogen) atoms. The number of aromatic nitrogens is 2. The first-order chi connectivity index (χ1) is 13.0. The first kappa shape index (κ1) is 22.9. The predicted molar refractivity (Wildman–Crippen MR) is 89.2 cm³/mol. The fraction of sp³-hybridized carbons (Fsp3) is 0.562. The van der Waals surface area contributed by atoms with Crippen LogP contribution in [0, 0.1) is 17.2 Å². The van der Waals surface area contributed by atoms with Crippen molar-refractivity contribution in [2.45, 2.75) is 46.4 Å². The van der Waals surface area contributed by atoms with E-state index in [9.17, 15) is 22.8 Å². The summed E-state index contributed by atoms with van der Waals surface area (Å²) in [5, 5.41) is 9.88. The van der Waals surface area contributed by atoms with Crippen molar-refractivity contribution in [3.05, 3.63) is 18.1 Å². The van der Waals surface area contributed by atoms with Crippen molar-refractivity contribution in [3.63, 3.8) is 0 Å². The maximum atomic E-state index is 12.7. The van der Waals surface area contributed by atoms with Crippen molar-refractivity contribution in [1.29, 1.82) is 5.26 Å². The topological polar surface area (TPSA) is 109 Å². The van der Waals surface area contributed by atoms with E-state index in [1.807, 2.05) is 0 Å². The lowest BCUT2D eigenvalue weighted by Crippen LogP contribution is -2.52. The number of hydrazine groups is 1. The molecular formula is C16H20F3N5O4. The van der Waals surface area contributed by atoms with Gasteiger partial charge in [-0.3, -0.25) is 0 Å². The molecule has 1 atom stereocenters. The third kappa shape index (κ3) is 6.57. The molecule has 0 saturated carbocycles.